The number of aliphatic hydroxyl groups is 1. The van der Waals surface area contributed by atoms with Gasteiger partial charge in [0.1, 0.15) is 0 Å². The number of aliphatic hydroxyl groups excluding tert-OH is 1. The SMILES string of the molecule is CCc1c2cc(Br)ccc2c(C)n1CC(O)CC1CCCCO1. The molecular formula is C19H26BrNO2. The maximum absolute atomic E-state index is 10.6. The zero-order valence-corrected chi connectivity index (χ0v) is 15.6. The first kappa shape index (κ1) is 17.0. The first-order valence-corrected chi connectivity index (χ1v) is 9.46. The maximum Gasteiger partial charge on any atom is 0.0743 e. The normalized spacial score (nSPS) is 20.1. The molecule has 0 spiro atoms. The van der Waals surface area contributed by atoms with Crippen molar-refractivity contribution in [1.29, 1.82) is 0 Å². The zero-order chi connectivity index (χ0) is 16.4. The summed E-state index contributed by atoms with van der Waals surface area (Å²) in [5.41, 5.74) is 2.55. The molecule has 3 nitrogen and oxygen atoms in total. The lowest BCUT2D eigenvalue weighted by molar-refractivity contribution is -0.0180. The van der Waals surface area contributed by atoms with Gasteiger partial charge >= 0.3 is 0 Å². The number of fused-ring (bicyclic) bond motifs is 1. The molecule has 2 aromatic rings. The van der Waals surface area contributed by atoms with Crippen LogP contribution in [0.25, 0.3) is 10.8 Å². The number of aromatic nitrogens is 1. The van der Waals surface area contributed by atoms with Crippen molar-refractivity contribution in [3.8, 4) is 0 Å². The molecule has 1 aromatic carbocycles. The molecule has 3 rings (SSSR count). The molecule has 0 amide bonds. The minimum absolute atomic E-state index is 0.225. The van der Waals surface area contributed by atoms with Gasteiger partial charge in [-0.25, -0.2) is 0 Å². The standard InChI is InChI=1S/C19H26BrNO2/c1-3-19-18-10-14(20)7-8-17(18)13(2)21(19)12-15(22)11-16-6-4-5-9-23-16/h7-8,10,15-16,22H,3-6,9,11-12H2,1-2H3. The average molecular weight is 380 g/mol. The van der Waals surface area contributed by atoms with E-state index in [1.807, 2.05) is 0 Å². The van der Waals surface area contributed by atoms with Crippen molar-refractivity contribution in [3.63, 3.8) is 0 Å². The van der Waals surface area contributed by atoms with Crippen molar-refractivity contribution in [2.24, 2.45) is 0 Å². The van der Waals surface area contributed by atoms with E-state index >= 15 is 0 Å². The largest absolute Gasteiger partial charge is 0.391 e. The molecule has 1 N–H and O–H groups in total. The fraction of sp³-hybridized carbons (Fsp3) is 0.579. The van der Waals surface area contributed by atoms with Gasteiger partial charge in [-0.3, -0.25) is 0 Å². The summed E-state index contributed by atoms with van der Waals surface area (Å²) in [6.07, 6.45) is 5.03. The van der Waals surface area contributed by atoms with Gasteiger partial charge in [-0.2, -0.15) is 0 Å². The molecule has 2 heterocycles. The Bertz CT molecular complexity index is 674. The number of rotatable bonds is 5. The van der Waals surface area contributed by atoms with Crippen LogP contribution < -0.4 is 0 Å². The summed E-state index contributed by atoms with van der Waals surface area (Å²) >= 11 is 3.57. The van der Waals surface area contributed by atoms with Gasteiger partial charge in [-0.15, -0.1) is 0 Å². The van der Waals surface area contributed by atoms with Crippen molar-refractivity contribution < 1.29 is 9.84 Å². The van der Waals surface area contributed by atoms with Crippen molar-refractivity contribution in [2.45, 2.75) is 64.7 Å². The van der Waals surface area contributed by atoms with Crippen LogP contribution in [-0.2, 0) is 17.7 Å². The highest BCUT2D eigenvalue weighted by Gasteiger charge is 2.21. The van der Waals surface area contributed by atoms with Gasteiger partial charge in [0, 0.05) is 46.2 Å². The molecule has 0 saturated carbocycles. The maximum atomic E-state index is 10.6. The summed E-state index contributed by atoms with van der Waals surface area (Å²) in [5, 5.41) is 13.1. The van der Waals surface area contributed by atoms with E-state index < -0.39 is 0 Å². The van der Waals surface area contributed by atoms with E-state index in [4.69, 9.17) is 4.74 Å². The van der Waals surface area contributed by atoms with E-state index in [9.17, 15) is 5.11 Å². The van der Waals surface area contributed by atoms with Crippen LogP contribution in [0.1, 0.15) is 44.0 Å². The Kier molecular flexibility index (Phi) is 5.45. The third kappa shape index (κ3) is 3.65. The van der Waals surface area contributed by atoms with E-state index in [1.54, 1.807) is 0 Å². The quantitative estimate of drug-likeness (QED) is 0.823. The average Bonchev–Trinajstić information content (AvgIpc) is 2.79. The summed E-state index contributed by atoms with van der Waals surface area (Å²) in [5.74, 6) is 0. The monoisotopic (exact) mass is 379 g/mol. The van der Waals surface area contributed by atoms with Crippen LogP contribution in [0.2, 0.25) is 0 Å². The van der Waals surface area contributed by atoms with Crippen LogP contribution in [-0.4, -0.2) is 28.5 Å². The molecule has 1 aliphatic rings. The fourth-order valence-electron chi connectivity index (χ4n) is 3.77. The minimum Gasteiger partial charge on any atom is -0.391 e. The third-order valence-electron chi connectivity index (χ3n) is 4.95. The molecule has 0 radical (unpaired) electrons. The molecule has 0 aliphatic carbocycles. The van der Waals surface area contributed by atoms with Gasteiger partial charge in [0.2, 0.25) is 0 Å². The van der Waals surface area contributed by atoms with Gasteiger partial charge in [0.15, 0.2) is 0 Å². The number of benzene rings is 1. The van der Waals surface area contributed by atoms with Crippen LogP contribution in [0.15, 0.2) is 22.7 Å². The highest BCUT2D eigenvalue weighted by molar-refractivity contribution is 9.10. The second-order valence-electron chi connectivity index (χ2n) is 6.56. The second kappa shape index (κ2) is 7.37. The van der Waals surface area contributed by atoms with Crippen molar-refractivity contribution in [2.75, 3.05) is 6.61 Å². The van der Waals surface area contributed by atoms with E-state index in [-0.39, 0.29) is 12.2 Å². The van der Waals surface area contributed by atoms with Crippen LogP contribution in [0, 0.1) is 6.92 Å². The lowest BCUT2D eigenvalue weighted by Crippen LogP contribution is -2.28. The van der Waals surface area contributed by atoms with Crippen molar-refractivity contribution in [3.05, 3.63) is 34.1 Å². The zero-order valence-electron chi connectivity index (χ0n) is 14.0. The Morgan fingerprint density at radius 3 is 2.87 bits per heavy atom. The van der Waals surface area contributed by atoms with Gasteiger partial charge in [0.05, 0.1) is 12.2 Å². The predicted octanol–water partition coefficient (Wildman–Crippen LogP) is 4.59. The second-order valence-corrected chi connectivity index (χ2v) is 7.48. The number of hydrogen-bond donors (Lipinski definition) is 1. The molecule has 1 aliphatic heterocycles. The number of ether oxygens (including phenoxy) is 1. The number of aryl methyl sites for hydroxylation is 2. The van der Waals surface area contributed by atoms with E-state index in [1.165, 1.54) is 28.6 Å². The first-order chi connectivity index (χ1) is 11.1. The molecule has 1 saturated heterocycles. The number of nitrogens with zero attached hydrogens (tertiary/aromatic N) is 1. The highest BCUT2D eigenvalue weighted by Crippen LogP contribution is 2.30. The number of halogens is 1. The lowest BCUT2D eigenvalue weighted by Gasteiger charge is -2.25. The molecule has 1 aromatic heterocycles. The number of hydrogen-bond acceptors (Lipinski definition) is 2. The van der Waals surface area contributed by atoms with Crippen LogP contribution >= 0.6 is 15.9 Å². The fourth-order valence-corrected chi connectivity index (χ4v) is 4.14. The highest BCUT2D eigenvalue weighted by atomic mass is 79.9. The molecule has 1 fully saturated rings. The first-order valence-electron chi connectivity index (χ1n) is 8.67. The third-order valence-corrected chi connectivity index (χ3v) is 5.44. The Balaban J connectivity index is 1.82. The van der Waals surface area contributed by atoms with Gasteiger partial charge in [-0.1, -0.05) is 28.9 Å². The topological polar surface area (TPSA) is 34.4 Å². The molecule has 4 heteroatoms. The molecule has 126 valence electrons. The summed E-state index contributed by atoms with van der Waals surface area (Å²) in [6.45, 7) is 5.83. The molecule has 2 unspecified atom stereocenters. The summed E-state index contributed by atoms with van der Waals surface area (Å²) < 4.78 is 9.17. The van der Waals surface area contributed by atoms with Crippen LogP contribution in [0.5, 0.6) is 0 Å². The molecular weight excluding hydrogens is 354 g/mol. The van der Waals surface area contributed by atoms with Crippen LogP contribution in [0.4, 0.5) is 0 Å². The summed E-state index contributed by atoms with van der Waals surface area (Å²) in [7, 11) is 0. The van der Waals surface area contributed by atoms with Gasteiger partial charge in [0.25, 0.3) is 0 Å². The van der Waals surface area contributed by atoms with Crippen molar-refractivity contribution in [1.82, 2.24) is 4.57 Å². The molecule has 23 heavy (non-hydrogen) atoms. The smallest absolute Gasteiger partial charge is 0.0743 e. The summed E-state index contributed by atoms with van der Waals surface area (Å²) in [4.78, 5) is 0. The molecule has 2 atom stereocenters. The molecule has 0 bridgehead atoms. The Morgan fingerprint density at radius 2 is 2.17 bits per heavy atom. The van der Waals surface area contributed by atoms with Crippen LogP contribution in [0.3, 0.4) is 0 Å². The minimum atomic E-state index is -0.354. The van der Waals surface area contributed by atoms with E-state index in [0.717, 1.165) is 36.8 Å². The van der Waals surface area contributed by atoms with E-state index in [2.05, 4.69) is 52.5 Å². The Labute approximate surface area is 146 Å². The van der Waals surface area contributed by atoms with Gasteiger partial charge < -0.3 is 14.4 Å². The Morgan fingerprint density at radius 1 is 1.35 bits per heavy atom. The van der Waals surface area contributed by atoms with E-state index in [0.29, 0.717) is 6.54 Å². The predicted molar refractivity (Wildman–Crippen MR) is 98.0 cm³/mol. The summed E-state index contributed by atoms with van der Waals surface area (Å²) in [6, 6.07) is 6.45. The Hall–Kier alpha value is -0.840. The van der Waals surface area contributed by atoms with Crippen molar-refractivity contribution >= 4 is 26.7 Å². The lowest BCUT2D eigenvalue weighted by atomic mass is 10.0. The van der Waals surface area contributed by atoms with Gasteiger partial charge in [-0.05, 0) is 44.7 Å².